The number of amides is 1. The van der Waals surface area contributed by atoms with Gasteiger partial charge in [0.2, 0.25) is 0 Å². The van der Waals surface area contributed by atoms with Crippen molar-refractivity contribution >= 4 is 17.2 Å². The van der Waals surface area contributed by atoms with Gasteiger partial charge in [0.05, 0.1) is 11.2 Å². The van der Waals surface area contributed by atoms with Gasteiger partial charge in [0.15, 0.2) is 6.10 Å². The van der Waals surface area contributed by atoms with Gasteiger partial charge in [-0.1, -0.05) is 12.1 Å². The van der Waals surface area contributed by atoms with Crippen LogP contribution in [0.15, 0.2) is 35.2 Å². The Morgan fingerprint density at radius 3 is 3.05 bits per heavy atom. The van der Waals surface area contributed by atoms with E-state index in [1.165, 1.54) is 29.5 Å². The molecule has 1 aromatic heterocycles. The van der Waals surface area contributed by atoms with Gasteiger partial charge < -0.3 is 10.4 Å². The molecule has 1 amide bonds. The largest absolute Gasteiger partial charge is 0.378 e. The zero-order valence-corrected chi connectivity index (χ0v) is 10.9. The van der Waals surface area contributed by atoms with Gasteiger partial charge in [0.1, 0.15) is 5.82 Å². The summed E-state index contributed by atoms with van der Waals surface area (Å²) in [5, 5.41) is 14.3. The van der Waals surface area contributed by atoms with Gasteiger partial charge in [-0.3, -0.25) is 4.79 Å². The zero-order chi connectivity index (χ0) is 13.7. The van der Waals surface area contributed by atoms with Gasteiger partial charge in [0, 0.05) is 18.3 Å². The average Bonchev–Trinajstić information content (AvgIpc) is 2.91. The molecule has 19 heavy (non-hydrogen) atoms. The Labute approximate surface area is 113 Å². The van der Waals surface area contributed by atoms with Crippen LogP contribution in [0.25, 0.3) is 0 Å². The van der Waals surface area contributed by atoms with Crippen LogP contribution in [-0.4, -0.2) is 22.5 Å². The molecule has 6 heteroatoms. The van der Waals surface area contributed by atoms with Crippen molar-refractivity contribution in [3.8, 4) is 0 Å². The number of carbonyl (C=O) groups is 1. The second-order valence-corrected chi connectivity index (χ2v) is 4.70. The molecular formula is C13H13FN2O2S. The molecular weight excluding hydrogens is 267 g/mol. The minimum absolute atomic E-state index is 0.242. The lowest BCUT2D eigenvalue weighted by atomic mass is 10.1. The van der Waals surface area contributed by atoms with Crippen LogP contribution in [0.2, 0.25) is 0 Å². The molecule has 0 spiro atoms. The first kappa shape index (κ1) is 13.6. The molecule has 100 valence electrons. The monoisotopic (exact) mass is 280 g/mol. The number of halogens is 1. The van der Waals surface area contributed by atoms with Crippen molar-refractivity contribution in [1.29, 1.82) is 0 Å². The normalized spacial score (nSPS) is 12.1. The Hall–Kier alpha value is -1.79. The summed E-state index contributed by atoms with van der Waals surface area (Å²) in [6, 6.07) is 5.37. The van der Waals surface area contributed by atoms with E-state index in [2.05, 4.69) is 10.3 Å². The van der Waals surface area contributed by atoms with Crippen molar-refractivity contribution in [3.05, 3.63) is 52.2 Å². The van der Waals surface area contributed by atoms with Crippen LogP contribution in [0, 0.1) is 5.82 Å². The number of nitrogens with zero attached hydrogens (tertiary/aromatic N) is 1. The molecule has 0 fully saturated rings. The number of rotatable bonds is 5. The first-order chi connectivity index (χ1) is 9.16. The van der Waals surface area contributed by atoms with Crippen LogP contribution in [-0.2, 0) is 11.2 Å². The molecule has 2 rings (SSSR count). The molecule has 4 nitrogen and oxygen atoms in total. The summed E-state index contributed by atoms with van der Waals surface area (Å²) in [6.07, 6.45) is -0.753. The standard InChI is InChI=1S/C13H13FN2O2S/c14-10-3-1-2-9(6-10)12(17)13(18)15-5-4-11-7-19-8-16-11/h1-3,6-8,12,17H,4-5H2,(H,15,18)/t12-/m1/s1. The lowest BCUT2D eigenvalue weighted by Crippen LogP contribution is -2.31. The average molecular weight is 280 g/mol. The quantitative estimate of drug-likeness (QED) is 0.876. The number of thiazole rings is 1. The van der Waals surface area contributed by atoms with E-state index < -0.39 is 17.8 Å². The third-order valence-corrected chi connectivity index (χ3v) is 3.21. The summed E-state index contributed by atoms with van der Waals surface area (Å²) < 4.78 is 13.0. The van der Waals surface area contributed by atoms with Crippen molar-refractivity contribution in [2.24, 2.45) is 0 Å². The molecule has 1 aromatic carbocycles. The second-order valence-electron chi connectivity index (χ2n) is 3.98. The number of nitrogens with one attached hydrogen (secondary N) is 1. The lowest BCUT2D eigenvalue weighted by Gasteiger charge is -2.11. The smallest absolute Gasteiger partial charge is 0.253 e. The van der Waals surface area contributed by atoms with E-state index in [0.717, 1.165) is 11.8 Å². The Morgan fingerprint density at radius 2 is 2.37 bits per heavy atom. The number of aliphatic hydroxyl groups excluding tert-OH is 1. The van der Waals surface area contributed by atoms with Gasteiger partial charge in [-0.05, 0) is 17.7 Å². The van der Waals surface area contributed by atoms with Gasteiger partial charge in [-0.2, -0.15) is 0 Å². The number of benzene rings is 1. The molecule has 0 bridgehead atoms. The SMILES string of the molecule is O=C(NCCc1cscn1)[C@H](O)c1cccc(F)c1. The summed E-state index contributed by atoms with van der Waals surface area (Å²) in [6.45, 7) is 0.384. The number of aromatic nitrogens is 1. The summed E-state index contributed by atoms with van der Waals surface area (Å²) in [4.78, 5) is 15.8. The van der Waals surface area contributed by atoms with E-state index in [1.54, 1.807) is 5.51 Å². The van der Waals surface area contributed by atoms with E-state index in [1.807, 2.05) is 5.38 Å². The predicted molar refractivity (Wildman–Crippen MR) is 70.2 cm³/mol. The molecule has 0 aliphatic rings. The maximum Gasteiger partial charge on any atom is 0.253 e. The van der Waals surface area contributed by atoms with E-state index in [-0.39, 0.29) is 5.56 Å². The van der Waals surface area contributed by atoms with Crippen molar-refractivity contribution in [1.82, 2.24) is 10.3 Å². The molecule has 2 aromatic rings. The third-order valence-electron chi connectivity index (χ3n) is 2.58. The maximum absolute atomic E-state index is 13.0. The predicted octanol–water partition coefficient (Wildman–Crippen LogP) is 1.67. The van der Waals surface area contributed by atoms with Crippen LogP contribution in [0.5, 0.6) is 0 Å². The fraction of sp³-hybridized carbons (Fsp3) is 0.231. The van der Waals surface area contributed by atoms with Gasteiger partial charge in [0.25, 0.3) is 5.91 Å². The maximum atomic E-state index is 13.0. The first-order valence-electron chi connectivity index (χ1n) is 5.75. The molecule has 0 unspecified atom stereocenters. The Bertz CT molecular complexity index is 545. The Kier molecular flexibility index (Phi) is 4.59. The first-order valence-corrected chi connectivity index (χ1v) is 6.69. The van der Waals surface area contributed by atoms with Crippen LogP contribution in [0.3, 0.4) is 0 Å². The third kappa shape index (κ3) is 3.84. The van der Waals surface area contributed by atoms with Crippen LogP contribution in [0.1, 0.15) is 17.4 Å². The fourth-order valence-corrected chi connectivity index (χ4v) is 2.19. The highest BCUT2D eigenvalue weighted by Gasteiger charge is 2.17. The molecule has 2 N–H and O–H groups in total. The zero-order valence-electron chi connectivity index (χ0n) is 10.0. The van der Waals surface area contributed by atoms with E-state index >= 15 is 0 Å². The van der Waals surface area contributed by atoms with Gasteiger partial charge in [-0.25, -0.2) is 9.37 Å². The van der Waals surface area contributed by atoms with Crippen molar-refractivity contribution in [3.63, 3.8) is 0 Å². The molecule has 0 aliphatic heterocycles. The minimum atomic E-state index is -1.36. The molecule has 0 saturated carbocycles. The number of hydrogen-bond donors (Lipinski definition) is 2. The highest BCUT2D eigenvalue weighted by atomic mass is 32.1. The van der Waals surface area contributed by atoms with Crippen molar-refractivity contribution < 1.29 is 14.3 Å². The molecule has 0 saturated heterocycles. The van der Waals surface area contributed by atoms with Crippen molar-refractivity contribution in [2.45, 2.75) is 12.5 Å². The van der Waals surface area contributed by atoms with E-state index in [0.29, 0.717) is 13.0 Å². The summed E-state index contributed by atoms with van der Waals surface area (Å²) in [5.74, 6) is -1.02. The van der Waals surface area contributed by atoms with Crippen molar-refractivity contribution in [2.75, 3.05) is 6.54 Å². The van der Waals surface area contributed by atoms with Crippen LogP contribution < -0.4 is 5.32 Å². The molecule has 0 radical (unpaired) electrons. The highest BCUT2D eigenvalue weighted by Crippen LogP contribution is 2.14. The van der Waals surface area contributed by atoms with Crippen LogP contribution in [0.4, 0.5) is 4.39 Å². The summed E-state index contributed by atoms with van der Waals surface area (Å²) in [5.41, 5.74) is 2.86. The summed E-state index contributed by atoms with van der Waals surface area (Å²) in [7, 11) is 0. The molecule has 0 aliphatic carbocycles. The lowest BCUT2D eigenvalue weighted by molar-refractivity contribution is -0.129. The second kappa shape index (κ2) is 6.40. The number of hydrogen-bond acceptors (Lipinski definition) is 4. The fourth-order valence-electron chi connectivity index (χ4n) is 1.60. The van der Waals surface area contributed by atoms with Crippen LogP contribution >= 0.6 is 11.3 Å². The molecule has 1 atom stereocenters. The minimum Gasteiger partial charge on any atom is -0.378 e. The number of carbonyl (C=O) groups excluding carboxylic acids is 1. The summed E-state index contributed by atoms with van der Waals surface area (Å²) >= 11 is 1.49. The Balaban J connectivity index is 1.85. The molecule has 1 heterocycles. The van der Waals surface area contributed by atoms with E-state index in [9.17, 15) is 14.3 Å². The van der Waals surface area contributed by atoms with Gasteiger partial charge >= 0.3 is 0 Å². The topological polar surface area (TPSA) is 62.2 Å². The highest BCUT2D eigenvalue weighted by molar-refractivity contribution is 7.07. The van der Waals surface area contributed by atoms with E-state index in [4.69, 9.17) is 0 Å². The Morgan fingerprint density at radius 1 is 1.53 bits per heavy atom. The van der Waals surface area contributed by atoms with Gasteiger partial charge in [-0.15, -0.1) is 11.3 Å². The number of aliphatic hydroxyl groups is 1.